The monoisotopic (exact) mass is 233 g/mol. The van der Waals surface area contributed by atoms with Gasteiger partial charge in [0, 0.05) is 13.6 Å². The third-order valence-electron chi connectivity index (χ3n) is 3.73. The predicted molar refractivity (Wildman–Crippen MR) is 66.9 cm³/mol. The molecule has 1 fully saturated rings. The van der Waals surface area contributed by atoms with Crippen molar-refractivity contribution in [3.63, 3.8) is 0 Å². The van der Waals surface area contributed by atoms with E-state index in [0.29, 0.717) is 0 Å². The molecule has 78 valence electrons. The molecule has 6 heteroatoms. The Morgan fingerprint density at radius 3 is 2.31 bits per heavy atom. The van der Waals surface area contributed by atoms with Gasteiger partial charge in [-0.3, -0.25) is 9.35 Å². The van der Waals surface area contributed by atoms with Crippen molar-refractivity contribution < 1.29 is 0 Å². The fraction of sp³-hybridized carbons (Fsp3) is 1.00. The van der Waals surface area contributed by atoms with Crippen LogP contribution < -0.4 is 0 Å². The van der Waals surface area contributed by atoms with Gasteiger partial charge in [0.05, 0.1) is 7.83 Å². The lowest BCUT2D eigenvalue weighted by atomic mass is 10.8. The van der Waals surface area contributed by atoms with Crippen molar-refractivity contribution in [2.75, 3.05) is 20.6 Å². The summed E-state index contributed by atoms with van der Waals surface area (Å²) in [4.78, 5) is 0. The summed E-state index contributed by atoms with van der Waals surface area (Å²) in [5.74, 6) is 0. The summed E-state index contributed by atoms with van der Waals surface area (Å²) < 4.78 is 5.17. The molecule has 1 atom stereocenters. The number of rotatable bonds is 1. The zero-order chi connectivity index (χ0) is 10.2. The Morgan fingerprint density at radius 1 is 1.31 bits per heavy atom. The van der Waals surface area contributed by atoms with E-state index in [4.69, 9.17) is 0 Å². The second-order valence-electron chi connectivity index (χ2n) is 4.57. The number of hydrazine groups is 2. The SMILES string of the molecule is CCN1[SiH2][SiH](C)[Si](C)(C)N(C)N1C. The van der Waals surface area contributed by atoms with Crippen molar-refractivity contribution in [3.8, 4) is 0 Å². The summed E-state index contributed by atoms with van der Waals surface area (Å²) in [5.41, 5.74) is 0. The molecular formula is C7H23N3Si3. The molecular weight excluding hydrogens is 210 g/mol. The third-order valence-corrected chi connectivity index (χ3v) is 31.8. The van der Waals surface area contributed by atoms with E-state index in [1.165, 1.54) is 6.54 Å². The van der Waals surface area contributed by atoms with Gasteiger partial charge in [0.2, 0.25) is 0 Å². The van der Waals surface area contributed by atoms with Crippen LogP contribution in [0, 0.1) is 0 Å². The maximum atomic E-state index is 2.61. The molecule has 0 aromatic heterocycles. The van der Waals surface area contributed by atoms with Gasteiger partial charge in [-0.25, -0.2) is 0 Å². The van der Waals surface area contributed by atoms with E-state index in [0.717, 1.165) is 0 Å². The molecule has 1 rings (SSSR count). The molecule has 0 radical (unpaired) electrons. The molecule has 1 unspecified atom stereocenters. The van der Waals surface area contributed by atoms with Crippen LogP contribution in [0.5, 0.6) is 0 Å². The number of hydrogen-bond donors (Lipinski definition) is 0. The smallest absolute Gasteiger partial charge is 0.126 e. The normalized spacial score (nSPS) is 34.2. The zero-order valence-electron chi connectivity index (χ0n) is 9.83. The number of nitrogens with zero attached hydrogens (tertiary/aromatic N) is 3. The van der Waals surface area contributed by atoms with Crippen LogP contribution >= 0.6 is 0 Å². The molecule has 0 aromatic rings. The summed E-state index contributed by atoms with van der Waals surface area (Å²) in [7, 11) is 3.21. The molecule has 1 aliphatic heterocycles. The second-order valence-corrected chi connectivity index (χ2v) is 25.8. The molecule has 0 spiro atoms. The van der Waals surface area contributed by atoms with Crippen molar-refractivity contribution >= 4 is 24.8 Å². The Kier molecular flexibility index (Phi) is 3.53. The van der Waals surface area contributed by atoms with Crippen molar-refractivity contribution in [1.29, 1.82) is 0 Å². The predicted octanol–water partition coefficient (Wildman–Crippen LogP) is -0.264. The maximum absolute atomic E-state index is 2.61. The molecule has 0 N–H and O–H groups in total. The Labute approximate surface area is 86.8 Å². The quantitative estimate of drug-likeness (QED) is 0.578. The van der Waals surface area contributed by atoms with Gasteiger partial charge in [-0.05, 0) is 7.05 Å². The Hall–Kier alpha value is 0.531. The first-order valence-corrected chi connectivity index (χ1v) is 14.9. The van der Waals surface area contributed by atoms with Crippen LogP contribution in [0.15, 0.2) is 0 Å². The Morgan fingerprint density at radius 2 is 1.85 bits per heavy atom. The van der Waals surface area contributed by atoms with Crippen molar-refractivity contribution in [2.24, 2.45) is 0 Å². The minimum Gasteiger partial charge on any atom is -0.262 e. The lowest BCUT2D eigenvalue weighted by Gasteiger charge is -2.53. The van der Waals surface area contributed by atoms with Gasteiger partial charge in [0.1, 0.15) is 17.0 Å². The lowest BCUT2D eigenvalue weighted by Crippen LogP contribution is -2.75. The van der Waals surface area contributed by atoms with Gasteiger partial charge < -0.3 is 0 Å². The summed E-state index contributed by atoms with van der Waals surface area (Å²) in [6.07, 6.45) is 0. The molecule has 1 saturated heterocycles. The van der Waals surface area contributed by atoms with Gasteiger partial charge in [0.25, 0.3) is 0 Å². The van der Waals surface area contributed by atoms with Crippen molar-refractivity contribution in [3.05, 3.63) is 0 Å². The van der Waals surface area contributed by atoms with Crippen LogP contribution in [-0.4, -0.2) is 59.9 Å². The number of hydrogen-bond acceptors (Lipinski definition) is 3. The van der Waals surface area contributed by atoms with Crippen molar-refractivity contribution in [2.45, 2.75) is 26.6 Å². The molecule has 1 aliphatic rings. The summed E-state index contributed by atoms with van der Waals surface area (Å²) in [6.45, 7) is 11.2. The van der Waals surface area contributed by atoms with Crippen LogP contribution in [0.1, 0.15) is 6.92 Å². The fourth-order valence-electron chi connectivity index (χ4n) is 1.87. The molecule has 3 nitrogen and oxygen atoms in total. The van der Waals surface area contributed by atoms with Crippen LogP contribution in [0.2, 0.25) is 19.6 Å². The van der Waals surface area contributed by atoms with Crippen LogP contribution in [0.4, 0.5) is 0 Å². The van der Waals surface area contributed by atoms with E-state index in [9.17, 15) is 0 Å². The molecule has 0 saturated carbocycles. The van der Waals surface area contributed by atoms with Gasteiger partial charge in [-0.1, -0.05) is 26.6 Å². The van der Waals surface area contributed by atoms with E-state index >= 15 is 0 Å². The van der Waals surface area contributed by atoms with Gasteiger partial charge in [-0.15, -0.1) is 0 Å². The molecule has 0 amide bonds. The molecule has 0 aromatic carbocycles. The molecule has 13 heavy (non-hydrogen) atoms. The van der Waals surface area contributed by atoms with Crippen LogP contribution in [0.25, 0.3) is 0 Å². The summed E-state index contributed by atoms with van der Waals surface area (Å²) in [6, 6.07) is 0. The Bertz CT molecular complexity index is 188. The van der Waals surface area contributed by atoms with E-state index in [1.807, 2.05) is 0 Å². The van der Waals surface area contributed by atoms with Gasteiger partial charge >= 0.3 is 0 Å². The Balaban J connectivity index is 2.79. The fourth-order valence-corrected chi connectivity index (χ4v) is 20.7. The van der Waals surface area contributed by atoms with E-state index in [-0.39, 0.29) is 17.0 Å². The van der Waals surface area contributed by atoms with Crippen molar-refractivity contribution in [1.82, 2.24) is 14.5 Å². The summed E-state index contributed by atoms with van der Waals surface area (Å²) >= 11 is 0. The molecule has 1 heterocycles. The van der Waals surface area contributed by atoms with Gasteiger partial charge in [0.15, 0.2) is 0 Å². The average Bonchev–Trinajstić information content (AvgIpc) is 2.09. The lowest BCUT2D eigenvalue weighted by molar-refractivity contribution is -0.0490. The first-order chi connectivity index (χ1) is 5.91. The minimum absolute atomic E-state index is 0.0816. The first-order valence-electron chi connectivity index (χ1n) is 5.13. The molecule has 0 bridgehead atoms. The van der Waals surface area contributed by atoms with E-state index in [2.05, 4.69) is 55.1 Å². The minimum atomic E-state index is -1.00. The van der Waals surface area contributed by atoms with Gasteiger partial charge in [-0.2, -0.15) is 5.12 Å². The first kappa shape index (κ1) is 11.6. The maximum Gasteiger partial charge on any atom is 0.126 e. The van der Waals surface area contributed by atoms with E-state index in [1.54, 1.807) is 0 Å². The van der Waals surface area contributed by atoms with E-state index < -0.39 is 7.75 Å². The standard InChI is InChI=1S/C7H23N3Si3/c1-7-10-8(2)9(3)13(5,6)12(4)11-10/h12H,7,11H2,1-6H3. The highest BCUT2D eigenvalue weighted by molar-refractivity contribution is 7.50. The van der Waals surface area contributed by atoms with Crippen LogP contribution in [-0.2, 0) is 0 Å². The second kappa shape index (κ2) is 3.95. The van der Waals surface area contributed by atoms with Crippen LogP contribution in [0.3, 0.4) is 0 Å². The topological polar surface area (TPSA) is 9.72 Å². The largest absolute Gasteiger partial charge is 0.262 e. The highest BCUT2D eigenvalue weighted by Crippen LogP contribution is 2.19. The zero-order valence-corrected chi connectivity index (χ0v) is 13.4. The highest BCUT2D eigenvalue weighted by atomic mass is 29.6. The highest BCUT2D eigenvalue weighted by Gasteiger charge is 2.42. The third kappa shape index (κ3) is 1.97. The average molecular weight is 234 g/mol. The summed E-state index contributed by atoms with van der Waals surface area (Å²) in [5, 5.41) is 2.39. The molecule has 0 aliphatic carbocycles.